The molecule has 0 aliphatic heterocycles. The molecule has 1 heterocycles. The van der Waals surface area contributed by atoms with E-state index in [0.717, 1.165) is 18.3 Å². The number of benzene rings is 1. The van der Waals surface area contributed by atoms with Gasteiger partial charge in [0.25, 0.3) is 0 Å². The van der Waals surface area contributed by atoms with E-state index in [0.29, 0.717) is 11.4 Å². The van der Waals surface area contributed by atoms with Crippen molar-refractivity contribution in [1.82, 2.24) is 4.98 Å². The van der Waals surface area contributed by atoms with Crippen LogP contribution in [0.2, 0.25) is 0 Å². The van der Waals surface area contributed by atoms with Gasteiger partial charge in [0.15, 0.2) is 0 Å². The fourth-order valence-corrected chi connectivity index (χ4v) is 1.60. The molecule has 0 aliphatic rings. The first kappa shape index (κ1) is 12.3. The maximum absolute atomic E-state index is 13.0. The quantitative estimate of drug-likeness (QED) is 0.870. The second kappa shape index (κ2) is 5.44. The van der Waals surface area contributed by atoms with Crippen molar-refractivity contribution in [2.45, 2.75) is 6.92 Å². The van der Waals surface area contributed by atoms with Gasteiger partial charge in [-0.05, 0) is 25.1 Å². The molecule has 0 saturated heterocycles. The predicted molar refractivity (Wildman–Crippen MR) is 68.0 cm³/mol. The SMILES string of the molecule is CCNc1cncc(Nc2cc(F)cc(F)c2)c1. The lowest BCUT2D eigenvalue weighted by Crippen LogP contribution is -1.99. The van der Waals surface area contributed by atoms with E-state index < -0.39 is 11.6 Å². The van der Waals surface area contributed by atoms with Crippen LogP contribution in [-0.4, -0.2) is 11.5 Å². The van der Waals surface area contributed by atoms with Crippen LogP contribution in [0.15, 0.2) is 36.7 Å². The third kappa shape index (κ3) is 3.16. The molecule has 0 spiro atoms. The Balaban J connectivity index is 2.20. The van der Waals surface area contributed by atoms with Gasteiger partial charge < -0.3 is 10.6 Å². The number of anilines is 3. The van der Waals surface area contributed by atoms with Crippen molar-refractivity contribution in [3.05, 3.63) is 48.3 Å². The Bertz CT molecular complexity index is 523. The minimum absolute atomic E-state index is 0.350. The van der Waals surface area contributed by atoms with E-state index >= 15 is 0 Å². The highest BCUT2D eigenvalue weighted by molar-refractivity contribution is 5.63. The lowest BCUT2D eigenvalue weighted by molar-refractivity contribution is 0.584. The van der Waals surface area contributed by atoms with E-state index in [1.165, 1.54) is 12.1 Å². The third-order valence-corrected chi connectivity index (χ3v) is 2.27. The number of hydrogen-bond donors (Lipinski definition) is 2. The molecule has 5 heteroatoms. The number of halogens is 2. The second-order valence-corrected chi connectivity index (χ2v) is 3.78. The van der Waals surface area contributed by atoms with Crippen LogP contribution in [0.1, 0.15) is 6.92 Å². The fourth-order valence-electron chi connectivity index (χ4n) is 1.60. The average Bonchev–Trinajstić information content (AvgIpc) is 2.28. The molecule has 0 radical (unpaired) electrons. The first-order valence-electron chi connectivity index (χ1n) is 5.59. The van der Waals surface area contributed by atoms with Gasteiger partial charge in [-0.2, -0.15) is 0 Å². The maximum Gasteiger partial charge on any atom is 0.128 e. The number of aromatic nitrogens is 1. The van der Waals surface area contributed by atoms with Crippen molar-refractivity contribution < 1.29 is 8.78 Å². The molecule has 0 aliphatic carbocycles. The molecule has 0 atom stereocenters. The number of nitrogens with one attached hydrogen (secondary N) is 2. The lowest BCUT2D eigenvalue weighted by Gasteiger charge is -2.08. The van der Waals surface area contributed by atoms with Gasteiger partial charge in [-0.25, -0.2) is 8.78 Å². The summed E-state index contributed by atoms with van der Waals surface area (Å²) < 4.78 is 26.0. The van der Waals surface area contributed by atoms with Crippen LogP contribution in [0.4, 0.5) is 25.8 Å². The van der Waals surface area contributed by atoms with Gasteiger partial charge in [-0.1, -0.05) is 0 Å². The molecule has 94 valence electrons. The molecule has 0 fully saturated rings. The van der Waals surface area contributed by atoms with Crippen molar-refractivity contribution >= 4 is 17.1 Å². The summed E-state index contributed by atoms with van der Waals surface area (Å²) in [7, 11) is 0. The van der Waals surface area contributed by atoms with Crippen LogP contribution >= 0.6 is 0 Å². The fraction of sp³-hybridized carbons (Fsp3) is 0.154. The Kier molecular flexibility index (Phi) is 3.72. The highest BCUT2D eigenvalue weighted by Gasteiger charge is 2.02. The third-order valence-electron chi connectivity index (χ3n) is 2.27. The molecule has 0 amide bonds. The van der Waals surface area contributed by atoms with Gasteiger partial charge in [0.05, 0.1) is 23.8 Å². The van der Waals surface area contributed by atoms with E-state index in [1.807, 2.05) is 13.0 Å². The Morgan fingerprint density at radius 2 is 1.61 bits per heavy atom. The summed E-state index contributed by atoms with van der Waals surface area (Å²) in [6.45, 7) is 2.75. The normalized spacial score (nSPS) is 10.2. The predicted octanol–water partition coefficient (Wildman–Crippen LogP) is 3.54. The summed E-state index contributed by atoms with van der Waals surface area (Å²) in [5.74, 6) is -1.23. The van der Waals surface area contributed by atoms with Crippen LogP contribution in [0.25, 0.3) is 0 Å². The van der Waals surface area contributed by atoms with Gasteiger partial charge in [0.2, 0.25) is 0 Å². The van der Waals surface area contributed by atoms with E-state index in [-0.39, 0.29) is 0 Å². The van der Waals surface area contributed by atoms with Crippen LogP contribution in [0, 0.1) is 11.6 Å². The molecular weight excluding hydrogens is 236 g/mol. The average molecular weight is 249 g/mol. The second-order valence-electron chi connectivity index (χ2n) is 3.78. The number of hydrogen-bond acceptors (Lipinski definition) is 3. The minimum atomic E-state index is -0.617. The van der Waals surface area contributed by atoms with Gasteiger partial charge in [0, 0.05) is 18.3 Å². The Labute approximate surface area is 104 Å². The summed E-state index contributed by atoms with van der Waals surface area (Å²) in [4.78, 5) is 4.03. The molecule has 2 aromatic rings. The first-order valence-corrected chi connectivity index (χ1v) is 5.59. The zero-order valence-electron chi connectivity index (χ0n) is 9.87. The topological polar surface area (TPSA) is 37.0 Å². The molecule has 0 unspecified atom stereocenters. The van der Waals surface area contributed by atoms with Crippen molar-refractivity contribution in [3.8, 4) is 0 Å². The molecule has 2 N–H and O–H groups in total. The number of pyridine rings is 1. The largest absolute Gasteiger partial charge is 0.384 e. The van der Waals surface area contributed by atoms with Gasteiger partial charge in [-0.3, -0.25) is 4.98 Å². The van der Waals surface area contributed by atoms with Gasteiger partial charge >= 0.3 is 0 Å². The smallest absolute Gasteiger partial charge is 0.128 e. The zero-order valence-corrected chi connectivity index (χ0v) is 9.87. The van der Waals surface area contributed by atoms with Crippen molar-refractivity contribution in [2.24, 2.45) is 0 Å². The highest BCUT2D eigenvalue weighted by atomic mass is 19.1. The van der Waals surface area contributed by atoms with E-state index in [2.05, 4.69) is 15.6 Å². The highest BCUT2D eigenvalue weighted by Crippen LogP contribution is 2.20. The van der Waals surface area contributed by atoms with Gasteiger partial charge in [0.1, 0.15) is 11.6 Å². The zero-order chi connectivity index (χ0) is 13.0. The maximum atomic E-state index is 13.0. The molecule has 18 heavy (non-hydrogen) atoms. The van der Waals surface area contributed by atoms with Gasteiger partial charge in [-0.15, -0.1) is 0 Å². The van der Waals surface area contributed by atoms with Crippen LogP contribution in [-0.2, 0) is 0 Å². The van der Waals surface area contributed by atoms with Crippen LogP contribution in [0.3, 0.4) is 0 Å². The minimum Gasteiger partial charge on any atom is -0.384 e. The first-order chi connectivity index (χ1) is 8.67. The Morgan fingerprint density at radius 3 is 2.28 bits per heavy atom. The van der Waals surface area contributed by atoms with Crippen molar-refractivity contribution in [1.29, 1.82) is 0 Å². The standard InChI is InChI=1S/C13H13F2N3/c1-2-17-12-6-13(8-16-7-12)18-11-4-9(14)3-10(15)5-11/h3-8,17-18H,2H2,1H3. The summed E-state index contributed by atoms with van der Waals surface area (Å²) in [5.41, 5.74) is 1.86. The summed E-state index contributed by atoms with van der Waals surface area (Å²) in [5, 5.41) is 6.01. The molecule has 1 aromatic carbocycles. The lowest BCUT2D eigenvalue weighted by atomic mass is 10.3. The molecule has 2 rings (SSSR count). The van der Waals surface area contributed by atoms with Crippen LogP contribution in [0.5, 0.6) is 0 Å². The summed E-state index contributed by atoms with van der Waals surface area (Å²) in [6.07, 6.45) is 3.27. The Hall–Kier alpha value is -2.17. The molecule has 3 nitrogen and oxygen atoms in total. The number of nitrogens with zero attached hydrogens (tertiary/aromatic N) is 1. The van der Waals surface area contributed by atoms with Crippen LogP contribution < -0.4 is 10.6 Å². The van der Waals surface area contributed by atoms with E-state index in [9.17, 15) is 8.78 Å². The molecule has 0 bridgehead atoms. The van der Waals surface area contributed by atoms with Crippen molar-refractivity contribution in [2.75, 3.05) is 17.2 Å². The number of rotatable bonds is 4. The molecule has 1 aromatic heterocycles. The Morgan fingerprint density at radius 1 is 0.944 bits per heavy atom. The van der Waals surface area contributed by atoms with Crippen molar-refractivity contribution in [3.63, 3.8) is 0 Å². The molecular formula is C13H13F2N3. The van der Waals surface area contributed by atoms with E-state index in [4.69, 9.17) is 0 Å². The molecule has 0 saturated carbocycles. The van der Waals surface area contributed by atoms with E-state index in [1.54, 1.807) is 12.4 Å². The summed E-state index contributed by atoms with van der Waals surface area (Å²) in [6, 6.07) is 5.10. The monoisotopic (exact) mass is 249 g/mol. The summed E-state index contributed by atoms with van der Waals surface area (Å²) >= 11 is 0.